The molecular formula is C10H24N2O10P2. The second-order valence-corrected chi connectivity index (χ2v) is 8.20. The lowest BCUT2D eigenvalue weighted by Crippen LogP contribution is -2.30. The predicted molar refractivity (Wildman–Crippen MR) is 83.7 cm³/mol. The lowest BCUT2D eigenvalue weighted by Gasteiger charge is -2.24. The van der Waals surface area contributed by atoms with Gasteiger partial charge in [0.2, 0.25) is 0 Å². The molecule has 2 atom stereocenters. The molecule has 0 saturated heterocycles. The van der Waals surface area contributed by atoms with Gasteiger partial charge < -0.3 is 24.7 Å². The van der Waals surface area contributed by atoms with Crippen molar-refractivity contribution in [2.45, 2.75) is 13.8 Å². The van der Waals surface area contributed by atoms with Gasteiger partial charge in [0.1, 0.15) is 12.6 Å². The summed E-state index contributed by atoms with van der Waals surface area (Å²) in [5.74, 6) is 0. The van der Waals surface area contributed by atoms with Crippen LogP contribution in [0.2, 0.25) is 0 Å². The van der Waals surface area contributed by atoms with E-state index in [2.05, 4.69) is 13.8 Å². The van der Waals surface area contributed by atoms with Gasteiger partial charge in [-0.3, -0.25) is 18.9 Å². The number of rotatable bonds is 8. The summed E-state index contributed by atoms with van der Waals surface area (Å²) in [5, 5.41) is 0. The van der Waals surface area contributed by atoms with Crippen molar-refractivity contribution in [2.24, 2.45) is 0 Å². The Bertz CT molecular complexity index is 470. The van der Waals surface area contributed by atoms with Crippen LogP contribution in [-0.2, 0) is 22.9 Å². The number of ether oxygens (including phenoxy) is 2. The number of hydrogen-bond donors (Lipinski definition) is 2. The van der Waals surface area contributed by atoms with Crippen LogP contribution in [0.3, 0.4) is 0 Å². The number of nitrogens with zero attached hydrogens (tertiary/aromatic N) is 2. The van der Waals surface area contributed by atoms with Crippen molar-refractivity contribution < 1.29 is 47.8 Å². The molecule has 12 nitrogen and oxygen atoms in total. The van der Waals surface area contributed by atoms with Crippen LogP contribution < -0.4 is 0 Å². The predicted octanol–water partition coefficient (Wildman–Crippen LogP) is 0.641. The average Bonchev–Trinajstić information content (AvgIpc) is 2.36. The fourth-order valence-electron chi connectivity index (χ4n) is 1.37. The van der Waals surface area contributed by atoms with Gasteiger partial charge in [0, 0.05) is 14.1 Å². The van der Waals surface area contributed by atoms with E-state index in [0.29, 0.717) is 0 Å². The first kappa shape index (κ1) is 25.1. The van der Waals surface area contributed by atoms with Crippen molar-refractivity contribution in [1.82, 2.24) is 9.80 Å². The molecule has 0 saturated carbocycles. The van der Waals surface area contributed by atoms with E-state index >= 15 is 0 Å². The molecule has 0 aliphatic carbocycles. The molecule has 24 heavy (non-hydrogen) atoms. The smallest absolute Gasteiger partial charge is 0.410 e. The Labute approximate surface area is 139 Å². The van der Waals surface area contributed by atoms with Crippen molar-refractivity contribution in [3.63, 3.8) is 0 Å². The minimum Gasteiger partial charge on any atom is -0.450 e. The van der Waals surface area contributed by atoms with Crippen LogP contribution in [0.1, 0.15) is 13.8 Å². The van der Waals surface area contributed by atoms with Gasteiger partial charge in [0.25, 0.3) is 0 Å². The topological polar surface area (TPSA) is 174 Å². The maximum absolute atomic E-state index is 11.8. The van der Waals surface area contributed by atoms with Crippen molar-refractivity contribution in [1.29, 1.82) is 0 Å². The molecule has 0 aromatic carbocycles. The summed E-state index contributed by atoms with van der Waals surface area (Å²) in [6, 6.07) is 0. The molecule has 14 heteroatoms. The van der Waals surface area contributed by atoms with Crippen LogP contribution in [0.5, 0.6) is 0 Å². The Morgan fingerprint density at radius 3 is 1.42 bits per heavy atom. The van der Waals surface area contributed by atoms with Crippen LogP contribution in [-0.4, -0.2) is 77.1 Å². The highest BCUT2D eigenvalue weighted by Gasteiger charge is 2.36. The Morgan fingerprint density at radius 1 is 0.875 bits per heavy atom. The van der Waals surface area contributed by atoms with E-state index in [1.807, 2.05) is 0 Å². The van der Waals surface area contributed by atoms with Gasteiger partial charge in [0.05, 0.1) is 13.2 Å². The molecule has 0 aromatic heterocycles. The molecule has 4 N–H and O–H groups in total. The summed E-state index contributed by atoms with van der Waals surface area (Å²) in [6.45, 7) is 3.22. The minimum atomic E-state index is -4.62. The summed E-state index contributed by atoms with van der Waals surface area (Å²) < 4.78 is 37.2. The van der Waals surface area contributed by atoms with Gasteiger partial charge in [-0.15, -0.1) is 0 Å². The van der Waals surface area contributed by atoms with E-state index in [4.69, 9.17) is 0 Å². The third-order valence-electron chi connectivity index (χ3n) is 2.20. The summed E-state index contributed by atoms with van der Waals surface area (Å²) >= 11 is 0. The summed E-state index contributed by atoms with van der Waals surface area (Å²) in [4.78, 5) is 43.4. The monoisotopic (exact) mass is 394 g/mol. The van der Waals surface area contributed by atoms with Crippen LogP contribution in [0.15, 0.2) is 0 Å². The third kappa shape index (κ3) is 9.86. The van der Waals surface area contributed by atoms with Crippen molar-refractivity contribution in [3.05, 3.63) is 0 Å². The fraction of sp³-hybridized carbons (Fsp3) is 0.800. The minimum absolute atomic E-state index is 0. The van der Waals surface area contributed by atoms with E-state index in [1.165, 1.54) is 0 Å². The number of carbonyl (C=O) groups excluding carboxylic acids is 2. The zero-order valence-electron chi connectivity index (χ0n) is 13.9. The van der Waals surface area contributed by atoms with Gasteiger partial charge in [0.15, 0.2) is 0 Å². The molecule has 0 fully saturated rings. The molecule has 2 amide bonds. The Hall–Kier alpha value is -1.16. The van der Waals surface area contributed by atoms with E-state index in [-0.39, 0.29) is 18.7 Å². The zero-order valence-corrected chi connectivity index (χ0v) is 15.7. The highest BCUT2D eigenvalue weighted by Crippen LogP contribution is 2.59. The molecule has 2 unspecified atom stereocenters. The average molecular weight is 394 g/mol. The first-order valence-electron chi connectivity index (χ1n) is 6.54. The number of carbonyl (C=O) groups is 2. The van der Waals surface area contributed by atoms with Crippen molar-refractivity contribution in [2.75, 3.05) is 39.9 Å². The fourth-order valence-corrected chi connectivity index (χ4v) is 4.68. The van der Waals surface area contributed by atoms with Crippen LogP contribution in [0.4, 0.5) is 9.59 Å². The van der Waals surface area contributed by atoms with Gasteiger partial charge in [-0.2, -0.15) is 0 Å². The Balaban J connectivity index is 0. The summed E-state index contributed by atoms with van der Waals surface area (Å²) in [5.41, 5.74) is 0. The highest BCUT2D eigenvalue weighted by molar-refractivity contribution is 7.66. The molecule has 0 heterocycles. The highest BCUT2D eigenvalue weighted by atomic mass is 31.3. The molecule has 0 bridgehead atoms. The quantitative estimate of drug-likeness (QED) is 0.560. The van der Waals surface area contributed by atoms with Gasteiger partial charge in [-0.1, -0.05) is 0 Å². The SMILES string of the molecule is CCOC(=O)N(C)CP(=O)(O)OP(=O)(O)CN(C)C(=O)OCC.O. The summed E-state index contributed by atoms with van der Waals surface area (Å²) in [7, 11) is -6.90. The van der Waals surface area contributed by atoms with Crippen LogP contribution in [0, 0.1) is 0 Å². The molecule has 0 rings (SSSR count). The third-order valence-corrected chi connectivity index (χ3v) is 5.80. The van der Waals surface area contributed by atoms with Crippen LogP contribution in [0.25, 0.3) is 0 Å². The van der Waals surface area contributed by atoms with Crippen molar-refractivity contribution in [3.8, 4) is 0 Å². The molecule has 0 spiro atoms. The molecule has 0 aliphatic heterocycles. The lowest BCUT2D eigenvalue weighted by atomic mass is 10.8. The largest absolute Gasteiger partial charge is 0.450 e. The standard InChI is InChI=1S/C10H22N2O9P2.H2O/c1-5-19-9(13)11(3)7-22(15,16)21-23(17,18)8-12(4)10(14)20-6-2;/h5-8H2,1-4H3,(H,15,16)(H,17,18);1H2. The van der Waals surface area contributed by atoms with E-state index in [1.54, 1.807) is 13.8 Å². The first-order valence-corrected chi connectivity index (χ1v) is 10.1. The van der Waals surface area contributed by atoms with E-state index in [9.17, 15) is 28.5 Å². The van der Waals surface area contributed by atoms with Crippen molar-refractivity contribution >= 4 is 27.4 Å². The van der Waals surface area contributed by atoms with E-state index < -0.39 is 39.9 Å². The first-order chi connectivity index (χ1) is 10.4. The number of amides is 2. The van der Waals surface area contributed by atoms with Gasteiger partial charge in [-0.25, -0.2) is 13.9 Å². The maximum Gasteiger partial charge on any atom is 0.410 e. The zero-order chi connectivity index (χ0) is 18.3. The molecule has 0 aliphatic rings. The van der Waals surface area contributed by atoms with Gasteiger partial charge in [-0.05, 0) is 13.8 Å². The Morgan fingerprint density at radius 2 is 1.17 bits per heavy atom. The van der Waals surface area contributed by atoms with E-state index in [0.717, 1.165) is 23.9 Å². The van der Waals surface area contributed by atoms with Crippen LogP contribution >= 0.6 is 15.2 Å². The molecule has 0 aromatic rings. The molecular weight excluding hydrogens is 370 g/mol. The molecule has 0 radical (unpaired) electrons. The lowest BCUT2D eigenvalue weighted by molar-refractivity contribution is 0.118. The normalized spacial score (nSPS) is 15.2. The Kier molecular flexibility index (Phi) is 11.1. The molecule has 144 valence electrons. The second kappa shape index (κ2) is 10.7. The second-order valence-electron chi connectivity index (χ2n) is 4.43. The van der Waals surface area contributed by atoms with Gasteiger partial charge >= 0.3 is 27.4 Å². The maximum atomic E-state index is 11.8. The number of hydrogen-bond acceptors (Lipinski definition) is 7. The summed E-state index contributed by atoms with van der Waals surface area (Å²) in [6.07, 6.45) is -3.47.